The zero-order chi connectivity index (χ0) is 25.4. The molecular formula is C27H35N3O5. The normalized spacial score (nSPS) is 14.8. The number of rotatable bonds is 9. The zero-order valence-electron chi connectivity index (χ0n) is 20.9. The molecule has 1 aliphatic heterocycles. The Labute approximate surface area is 207 Å². The largest absolute Gasteiger partial charge is 0.497 e. The van der Waals surface area contributed by atoms with Gasteiger partial charge in [-0.3, -0.25) is 14.4 Å². The van der Waals surface area contributed by atoms with Crippen LogP contribution in [0.3, 0.4) is 0 Å². The molecule has 0 aliphatic carbocycles. The van der Waals surface area contributed by atoms with Gasteiger partial charge in [-0.1, -0.05) is 26.0 Å². The summed E-state index contributed by atoms with van der Waals surface area (Å²) >= 11 is 0. The molecule has 1 atom stereocenters. The first kappa shape index (κ1) is 26.1. The number of para-hydroxylation sites is 1. The second kappa shape index (κ2) is 12.2. The van der Waals surface area contributed by atoms with Gasteiger partial charge in [0.25, 0.3) is 11.8 Å². The molecule has 2 aromatic rings. The number of piperidine rings is 1. The summed E-state index contributed by atoms with van der Waals surface area (Å²) in [5, 5.41) is 5.90. The van der Waals surface area contributed by atoms with E-state index in [-0.39, 0.29) is 29.6 Å². The van der Waals surface area contributed by atoms with Gasteiger partial charge in [0.2, 0.25) is 5.91 Å². The monoisotopic (exact) mass is 481 g/mol. The Bertz CT molecular complexity index is 1010. The summed E-state index contributed by atoms with van der Waals surface area (Å²) in [5.41, 5.74) is 0.976. The third kappa shape index (κ3) is 6.74. The summed E-state index contributed by atoms with van der Waals surface area (Å²) in [6.45, 7) is 5.56. The molecule has 2 aromatic carbocycles. The van der Waals surface area contributed by atoms with E-state index in [9.17, 15) is 14.4 Å². The van der Waals surface area contributed by atoms with Crippen LogP contribution in [0.1, 0.15) is 47.4 Å². The van der Waals surface area contributed by atoms with Crippen molar-refractivity contribution in [3.8, 4) is 11.5 Å². The van der Waals surface area contributed by atoms with E-state index in [1.54, 1.807) is 55.5 Å². The third-order valence-electron chi connectivity index (χ3n) is 6.24. The van der Waals surface area contributed by atoms with Crippen molar-refractivity contribution in [2.75, 3.05) is 33.9 Å². The van der Waals surface area contributed by atoms with Gasteiger partial charge >= 0.3 is 0 Å². The minimum atomic E-state index is -0.688. The van der Waals surface area contributed by atoms with Crippen LogP contribution < -0.4 is 20.1 Å². The molecule has 1 fully saturated rings. The number of nitrogens with zero attached hydrogens (tertiary/aromatic N) is 1. The van der Waals surface area contributed by atoms with E-state index in [1.807, 2.05) is 26.0 Å². The number of ether oxygens (including phenoxy) is 2. The van der Waals surface area contributed by atoms with E-state index in [0.717, 1.165) is 0 Å². The lowest BCUT2D eigenvalue weighted by Crippen LogP contribution is -2.54. The molecule has 3 amide bonds. The van der Waals surface area contributed by atoms with Crippen LogP contribution in [0.5, 0.6) is 11.5 Å². The fraction of sp³-hybridized carbons (Fsp3) is 0.444. The molecule has 8 heteroatoms. The summed E-state index contributed by atoms with van der Waals surface area (Å²) in [6, 6.07) is 13.2. The molecule has 1 heterocycles. The summed E-state index contributed by atoms with van der Waals surface area (Å²) in [7, 11) is 3.11. The van der Waals surface area contributed by atoms with E-state index < -0.39 is 6.04 Å². The number of hydrogen-bond donors (Lipinski definition) is 2. The lowest BCUT2D eigenvalue weighted by Gasteiger charge is -2.36. The Morgan fingerprint density at radius 2 is 1.63 bits per heavy atom. The van der Waals surface area contributed by atoms with Gasteiger partial charge in [-0.25, -0.2) is 0 Å². The topological polar surface area (TPSA) is 97.0 Å². The number of carbonyl (C=O) groups excluding carboxylic acids is 3. The number of likely N-dealkylation sites (tertiary alicyclic amines) is 1. The molecule has 0 unspecified atom stereocenters. The predicted molar refractivity (Wildman–Crippen MR) is 134 cm³/mol. The Balaban J connectivity index is 1.70. The molecule has 0 radical (unpaired) electrons. The molecule has 1 saturated heterocycles. The highest BCUT2D eigenvalue weighted by Gasteiger charge is 2.34. The lowest BCUT2D eigenvalue weighted by atomic mass is 9.88. The van der Waals surface area contributed by atoms with E-state index >= 15 is 0 Å². The first-order chi connectivity index (χ1) is 16.8. The van der Waals surface area contributed by atoms with Crippen LogP contribution in [0, 0.1) is 11.8 Å². The van der Waals surface area contributed by atoms with Gasteiger partial charge in [0.15, 0.2) is 0 Å². The van der Waals surface area contributed by atoms with Crippen LogP contribution in [0.4, 0.5) is 0 Å². The molecule has 1 aliphatic rings. The molecule has 0 bridgehead atoms. The minimum absolute atomic E-state index is 0.0916. The van der Waals surface area contributed by atoms with Gasteiger partial charge < -0.3 is 25.0 Å². The molecule has 2 N–H and O–H groups in total. The van der Waals surface area contributed by atoms with Crippen molar-refractivity contribution in [3.05, 3.63) is 59.7 Å². The maximum absolute atomic E-state index is 13.1. The maximum atomic E-state index is 13.1. The Kier molecular flexibility index (Phi) is 9.11. The second-order valence-electron chi connectivity index (χ2n) is 9.15. The number of hydrogen-bond acceptors (Lipinski definition) is 5. The molecule has 0 spiro atoms. The van der Waals surface area contributed by atoms with Crippen molar-refractivity contribution < 1.29 is 23.9 Å². The number of carbonyl (C=O) groups is 3. The zero-order valence-corrected chi connectivity index (χ0v) is 20.9. The summed E-state index contributed by atoms with van der Waals surface area (Å²) in [6.07, 6.45) is 1.20. The predicted octanol–water partition coefficient (Wildman–Crippen LogP) is 3.13. The highest BCUT2D eigenvalue weighted by atomic mass is 16.5. The van der Waals surface area contributed by atoms with Crippen LogP contribution in [-0.2, 0) is 4.79 Å². The molecular weight excluding hydrogens is 446 g/mol. The van der Waals surface area contributed by atoms with Crippen molar-refractivity contribution in [1.29, 1.82) is 0 Å². The van der Waals surface area contributed by atoms with Gasteiger partial charge in [0.05, 0.1) is 19.8 Å². The second-order valence-corrected chi connectivity index (χ2v) is 9.15. The number of benzene rings is 2. The van der Waals surface area contributed by atoms with Crippen LogP contribution in [0.25, 0.3) is 0 Å². The molecule has 3 rings (SSSR count). The van der Waals surface area contributed by atoms with Gasteiger partial charge in [-0.2, -0.15) is 0 Å². The summed E-state index contributed by atoms with van der Waals surface area (Å²) < 4.78 is 10.5. The van der Waals surface area contributed by atoms with E-state index in [4.69, 9.17) is 9.47 Å². The highest BCUT2D eigenvalue weighted by Crippen LogP contribution is 2.26. The number of methoxy groups -OCH3 is 2. The van der Waals surface area contributed by atoms with Crippen LogP contribution in [-0.4, -0.2) is 62.5 Å². The average molecular weight is 482 g/mol. The minimum Gasteiger partial charge on any atom is -0.497 e. The van der Waals surface area contributed by atoms with Crippen molar-refractivity contribution >= 4 is 17.7 Å². The lowest BCUT2D eigenvalue weighted by molar-refractivity contribution is -0.124. The average Bonchev–Trinajstić information content (AvgIpc) is 2.89. The fourth-order valence-corrected chi connectivity index (χ4v) is 4.21. The fourth-order valence-electron chi connectivity index (χ4n) is 4.21. The quantitative estimate of drug-likeness (QED) is 0.574. The molecule has 35 heavy (non-hydrogen) atoms. The van der Waals surface area contributed by atoms with Crippen molar-refractivity contribution in [2.45, 2.75) is 32.7 Å². The van der Waals surface area contributed by atoms with E-state index in [1.165, 1.54) is 0 Å². The molecule has 188 valence electrons. The maximum Gasteiger partial charge on any atom is 0.257 e. The Hall–Kier alpha value is -3.55. The van der Waals surface area contributed by atoms with Gasteiger partial charge in [0, 0.05) is 25.2 Å². The van der Waals surface area contributed by atoms with Crippen molar-refractivity contribution in [1.82, 2.24) is 15.5 Å². The molecule has 8 nitrogen and oxygen atoms in total. The van der Waals surface area contributed by atoms with Gasteiger partial charge in [0.1, 0.15) is 17.5 Å². The SMILES string of the molecule is COc1ccc(C(=O)N[C@@H](C(=O)NCC(C)C)C2CCN(C(=O)c3ccccc3OC)CC2)cc1. The standard InChI is InChI=1S/C27H35N3O5/c1-18(2)17-28-26(32)24(29-25(31)20-9-11-21(34-3)12-10-20)19-13-15-30(16-14-19)27(33)22-7-5-6-8-23(22)35-4/h5-12,18-19,24H,13-17H2,1-4H3,(H,28,32)(H,29,31)/t24-/m1/s1. The van der Waals surface area contributed by atoms with Gasteiger partial charge in [-0.15, -0.1) is 0 Å². The van der Waals surface area contributed by atoms with E-state index in [2.05, 4.69) is 10.6 Å². The smallest absolute Gasteiger partial charge is 0.257 e. The first-order valence-electron chi connectivity index (χ1n) is 12.0. The first-order valence-corrected chi connectivity index (χ1v) is 12.0. The Morgan fingerprint density at radius 3 is 2.23 bits per heavy atom. The highest BCUT2D eigenvalue weighted by molar-refractivity contribution is 5.98. The number of amides is 3. The molecule has 0 aromatic heterocycles. The van der Waals surface area contributed by atoms with Crippen LogP contribution in [0.2, 0.25) is 0 Å². The summed E-state index contributed by atoms with van der Waals surface area (Å²) in [4.78, 5) is 40.9. The van der Waals surface area contributed by atoms with Crippen molar-refractivity contribution in [3.63, 3.8) is 0 Å². The van der Waals surface area contributed by atoms with Crippen LogP contribution >= 0.6 is 0 Å². The van der Waals surface area contributed by atoms with Gasteiger partial charge in [-0.05, 0) is 61.1 Å². The van der Waals surface area contributed by atoms with E-state index in [0.29, 0.717) is 55.1 Å². The number of nitrogens with one attached hydrogen (secondary N) is 2. The third-order valence-corrected chi connectivity index (χ3v) is 6.24. The van der Waals surface area contributed by atoms with Crippen LogP contribution in [0.15, 0.2) is 48.5 Å². The van der Waals surface area contributed by atoms with Crippen molar-refractivity contribution in [2.24, 2.45) is 11.8 Å². The summed E-state index contributed by atoms with van der Waals surface area (Å²) in [5.74, 6) is 0.782. The Morgan fingerprint density at radius 1 is 0.971 bits per heavy atom. The molecule has 0 saturated carbocycles.